The maximum absolute atomic E-state index is 12.5. The van der Waals surface area contributed by atoms with Crippen LogP contribution in [-0.2, 0) is 23.9 Å². The maximum Gasteiger partial charge on any atom is 0.344 e. The highest BCUT2D eigenvalue weighted by atomic mass is 16.5. The van der Waals surface area contributed by atoms with Crippen LogP contribution in [0.3, 0.4) is 0 Å². The van der Waals surface area contributed by atoms with Crippen molar-refractivity contribution >= 4 is 35.8 Å². The Morgan fingerprint density at radius 2 is 1.72 bits per heavy atom. The molecule has 12 heteroatoms. The lowest BCUT2D eigenvalue weighted by Gasteiger charge is -2.20. The smallest absolute Gasteiger partial charge is 0.344 e. The lowest BCUT2D eigenvalue weighted by molar-refractivity contribution is -0.152. The largest absolute Gasteiger partial charge is 0.454 e. The third kappa shape index (κ3) is 3.61. The van der Waals surface area contributed by atoms with Crippen LogP contribution in [-0.4, -0.2) is 69.9 Å². The molecule has 3 rings (SSSR count). The van der Waals surface area contributed by atoms with Gasteiger partial charge in [0.15, 0.2) is 6.61 Å². The second-order valence-corrected chi connectivity index (χ2v) is 7.56. The summed E-state index contributed by atoms with van der Waals surface area (Å²) in [5.41, 5.74) is 0.00522. The van der Waals surface area contributed by atoms with Gasteiger partial charge in [-0.3, -0.25) is 29.5 Å². The summed E-state index contributed by atoms with van der Waals surface area (Å²) in [4.78, 5) is 73.2. The Balaban J connectivity index is 1.49. The van der Waals surface area contributed by atoms with E-state index in [1.807, 2.05) is 0 Å². The van der Waals surface area contributed by atoms with Gasteiger partial charge in [0.05, 0.1) is 0 Å². The Morgan fingerprint density at radius 3 is 2.31 bits per heavy atom. The van der Waals surface area contributed by atoms with Crippen LogP contribution < -0.4 is 16.1 Å². The minimum Gasteiger partial charge on any atom is -0.454 e. The van der Waals surface area contributed by atoms with E-state index in [1.165, 1.54) is 6.92 Å². The van der Waals surface area contributed by atoms with Gasteiger partial charge in [-0.1, -0.05) is 19.8 Å². The van der Waals surface area contributed by atoms with Crippen molar-refractivity contribution in [3.05, 3.63) is 0 Å². The molecule has 0 aromatic rings. The van der Waals surface area contributed by atoms with Gasteiger partial charge in [0.1, 0.15) is 17.6 Å². The van der Waals surface area contributed by atoms with Crippen molar-refractivity contribution in [2.24, 2.45) is 0 Å². The average Bonchev–Trinajstić information content (AvgIpc) is 3.30. The summed E-state index contributed by atoms with van der Waals surface area (Å²) in [6, 6.07) is -1.46. The van der Waals surface area contributed by atoms with Gasteiger partial charge < -0.3 is 15.4 Å². The van der Waals surface area contributed by atoms with Crippen LogP contribution in [0.1, 0.15) is 46.0 Å². The molecule has 0 radical (unpaired) electrons. The molecule has 7 amide bonds. The minimum atomic E-state index is -1.12. The van der Waals surface area contributed by atoms with E-state index in [9.17, 15) is 28.8 Å². The molecular weight excluding hydrogens is 386 g/mol. The number of carbonyl (C=O) groups is 6. The van der Waals surface area contributed by atoms with E-state index in [4.69, 9.17) is 4.74 Å². The number of nitrogens with one attached hydrogen (secondary N) is 3. The van der Waals surface area contributed by atoms with E-state index < -0.39 is 60.0 Å². The Kier molecular flexibility index (Phi) is 5.20. The molecule has 3 fully saturated rings. The first kappa shape index (κ1) is 20.6. The molecule has 29 heavy (non-hydrogen) atoms. The van der Waals surface area contributed by atoms with Gasteiger partial charge in [-0.2, -0.15) is 5.01 Å². The predicted molar refractivity (Wildman–Crippen MR) is 94.6 cm³/mol. The number of hydrogen-bond donors (Lipinski definition) is 3. The fraction of sp³-hybridized carbons (Fsp3) is 0.647. The molecule has 1 aliphatic carbocycles. The molecule has 0 aromatic heterocycles. The number of esters is 1. The fourth-order valence-corrected chi connectivity index (χ4v) is 3.64. The van der Waals surface area contributed by atoms with Crippen molar-refractivity contribution in [1.29, 1.82) is 0 Å². The van der Waals surface area contributed by atoms with Gasteiger partial charge in [0, 0.05) is 0 Å². The minimum absolute atomic E-state index is 0.326. The van der Waals surface area contributed by atoms with Gasteiger partial charge in [0.25, 0.3) is 17.7 Å². The highest BCUT2D eigenvalue weighted by Crippen LogP contribution is 2.34. The third-order valence-corrected chi connectivity index (χ3v) is 5.56. The molecule has 3 N–H and O–H groups in total. The van der Waals surface area contributed by atoms with Gasteiger partial charge in [-0.15, -0.1) is 0 Å². The van der Waals surface area contributed by atoms with Gasteiger partial charge >= 0.3 is 18.0 Å². The first-order valence-corrected chi connectivity index (χ1v) is 9.38. The average molecular weight is 409 g/mol. The summed E-state index contributed by atoms with van der Waals surface area (Å²) in [6.45, 7) is 1.82. The van der Waals surface area contributed by atoms with Crippen molar-refractivity contribution in [1.82, 2.24) is 26.0 Å². The Bertz CT molecular complexity index is 791. The lowest BCUT2D eigenvalue weighted by atomic mass is 9.98. The number of imide groups is 2. The molecule has 0 bridgehead atoms. The van der Waals surface area contributed by atoms with E-state index in [1.54, 1.807) is 6.92 Å². The predicted octanol–water partition coefficient (Wildman–Crippen LogP) is -0.854. The van der Waals surface area contributed by atoms with Crippen molar-refractivity contribution in [3.63, 3.8) is 0 Å². The number of hydrogen-bond acceptors (Lipinski definition) is 7. The first-order valence-electron chi connectivity index (χ1n) is 9.38. The Morgan fingerprint density at radius 1 is 1.07 bits per heavy atom. The molecule has 158 valence electrons. The molecule has 1 unspecified atom stereocenters. The van der Waals surface area contributed by atoms with Crippen LogP contribution in [0.5, 0.6) is 0 Å². The molecule has 3 aliphatic rings. The van der Waals surface area contributed by atoms with Crippen LogP contribution in [0.2, 0.25) is 0 Å². The molecule has 1 saturated carbocycles. The van der Waals surface area contributed by atoms with E-state index in [-0.39, 0.29) is 0 Å². The zero-order valence-corrected chi connectivity index (χ0v) is 16.2. The number of hydrazine groups is 1. The fourth-order valence-electron chi connectivity index (χ4n) is 3.64. The van der Waals surface area contributed by atoms with E-state index in [0.717, 1.165) is 17.7 Å². The SMILES string of the molecule is CCC1(C)NC(=O)N(NC(=O)COC(=O)CN2C(=O)NC3(CCCC3)C2=O)C1=O. The van der Waals surface area contributed by atoms with E-state index >= 15 is 0 Å². The number of amides is 7. The van der Waals surface area contributed by atoms with Crippen molar-refractivity contribution < 1.29 is 33.5 Å². The number of rotatable bonds is 6. The Hall–Kier alpha value is -3.18. The van der Waals surface area contributed by atoms with Crippen LogP contribution in [0.4, 0.5) is 9.59 Å². The molecule has 0 aromatic carbocycles. The zero-order valence-electron chi connectivity index (χ0n) is 16.2. The van der Waals surface area contributed by atoms with E-state index in [0.29, 0.717) is 24.3 Å². The summed E-state index contributed by atoms with van der Waals surface area (Å²) in [7, 11) is 0. The molecule has 2 aliphatic heterocycles. The quantitative estimate of drug-likeness (QED) is 0.381. The third-order valence-electron chi connectivity index (χ3n) is 5.56. The molecular formula is C17H23N5O7. The van der Waals surface area contributed by atoms with Gasteiger partial charge in [0.2, 0.25) is 0 Å². The lowest BCUT2D eigenvalue weighted by Crippen LogP contribution is -2.49. The summed E-state index contributed by atoms with van der Waals surface area (Å²) in [5.74, 6) is -2.98. The maximum atomic E-state index is 12.5. The number of nitrogens with zero attached hydrogens (tertiary/aromatic N) is 2. The normalized spacial score (nSPS) is 25.4. The topological polar surface area (TPSA) is 154 Å². The molecule has 1 spiro atoms. The first-order chi connectivity index (χ1) is 13.6. The van der Waals surface area contributed by atoms with Crippen LogP contribution >= 0.6 is 0 Å². The van der Waals surface area contributed by atoms with Gasteiger partial charge in [-0.05, 0) is 26.2 Å². The summed E-state index contributed by atoms with van der Waals surface area (Å²) in [6.07, 6.45) is 2.99. The number of ether oxygens (including phenoxy) is 1. The summed E-state index contributed by atoms with van der Waals surface area (Å²) >= 11 is 0. The van der Waals surface area contributed by atoms with Crippen LogP contribution in [0, 0.1) is 0 Å². The van der Waals surface area contributed by atoms with E-state index in [2.05, 4.69) is 16.1 Å². The Labute approximate surface area is 166 Å². The second-order valence-electron chi connectivity index (χ2n) is 7.56. The van der Waals surface area contributed by atoms with Gasteiger partial charge in [-0.25, -0.2) is 9.59 Å². The standard InChI is InChI=1S/C17H23N5O7/c1-3-16(2)12(25)22(15(28)18-16)20-10(23)9-29-11(24)8-21-13(26)17(19-14(21)27)6-4-5-7-17/h3-9H2,1-2H3,(H,18,28)(H,19,27)(H,20,23). The molecule has 1 atom stereocenters. The molecule has 12 nitrogen and oxygen atoms in total. The number of urea groups is 2. The molecule has 2 saturated heterocycles. The highest BCUT2D eigenvalue weighted by molar-refractivity contribution is 6.09. The summed E-state index contributed by atoms with van der Waals surface area (Å²) in [5, 5.41) is 5.62. The monoisotopic (exact) mass is 409 g/mol. The van der Waals surface area contributed by atoms with Crippen LogP contribution in [0.25, 0.3) is 0 Å². The molecule has 2 heterocycles. The second kappa shape index (κ2) is 7.33. The number of carbonyl (C=O) groups excluding carboxylic acids is 6. The van der Waals surface area contributed by atoms with Crippen molar-refractivity contribution in [3.8, 4) is 0 Å². The highest BCUT2D eigenvalue weighted by Gasteiger charge is 2.53. The zero-order chi connectivity index (χ0) is 21.4. The van der Waals surface area contributed by atoms with Crippen molar-refractivity contribution in [2.75, 3.05) is 13.2 Å². The van der Waals surface area contributed by atoms with Crippen molar-refractivity contribution in [2.45, 2.75) is 57.0 Å². The summed E-state index contributed by atoms with van der Waals surface area (Å²) < 4.78 is 4.78. The van der Waals surface area contributed by atoms with Crippen LogP contribution in [0.15, 0.2) is 0 Å².